The van der Waals surface area contributed by atoms with Gasteiger partial charge in [-0.15, -0.1) is 0 Å². The van der Waals surface area contributed by atoms with Gasteiger partial charge in [-0.3, -0.25) is 9.10 Å². The highest BCUT2D eigenvalue weighted by Gasteiger charge is 2.29. The van der Waals surface area contributed by atoms with E-state index in [-0.39, 0.29) is 4.90 Å². The Kier molecular flexibility index (Phi) is 7.94. The molecule has 190 valence electrons. The number of methoxy groups -OCH3 is 1. The molecular weight excluding hydrogens is 484 g/mol. The lowest BCUT2D eigenvalue weighted by molar-refractivity contribution is -0.120. The van der Waals surface area contributed by atoms with Crippen LogP contribution >= 0.6 is 0 Å². The number of carbonyl (C=O) groups is 1. The van der Waals surface area contributed by atoms with Crippen LogP contribution in [-0.2, 0) is 14.8 Å². The molecule has 37 heavy (non-hydrogen) atoms. The number of carbonyl (C=O) groups excluding carboxylic acids is 1. The zero-order chi connectivity index (χ0) is 26.4. The molecule has 1 amide bonds. The number of benzene rings is 4. The highest BCUT2D eigenvalue weighted by Crippen LogP contribution is 2.28. The van der Waals surface area contributed by atoms with E-state index >= 15 is 0 Å². The summed E-state index contributed by atoms with van der Waals surface area (Å²) in [6.45, 7) is 3.47. The molecule has 1 N–H and O–H groups in total. The summed E-state index contributed by atoms with van der Waals surface area (Å²) >= 11 is 0. The van der Waals surface area contributed by atoms with E-state index in [2.05, 4.69) is 5.32 Å². The molecule has 4 rings (SSSR count). The van der Waals surface area contributed by atoms with Crippen LogP contribution in [0.2, 0.25) is 0 Å². The van der Waals surface area contributed by atoms with Crippen molar-refractivity contribution >= 4 is 21.6 Å². The Morgan fingerprint density at radius 2 is 1.54 bits per heavy atom. The molecule has 0 aromatic heterocycles. The van der Waals surface area contributed by atoms with Gasteiger partial charge in [0, 0.05) is 6.07 Å². The zero-order valence-corrected chi connectivity index (χ0v) is 21.9. The van der Waals surface area contributed by atoms with Crippen molar-refractivity contribution in [1.29, 1.82) is 0 Å². The van der Waals surface area contributed by atoms with E-state index in [1.54, 1.807) is 48.5 Å². The lowest BCUT2D eigenvalue weighted by Crippen LogP contribution is -2.42. The average molecular weight is 515 g/mol. The number of aryl methyl sites for hydroxylation is 2. The largest absolute Gasteiger partial charge is 0.497 e. The third kappa shape index (κ3) is 6.01. The highest BCUT2D eigenvalue weighted by atomic mass is 32.2. The van der Waals surface area contributed by atoms with Gasteiger partial charge in [-0.25, -0.2) is 8.42 Å². The Labute approximate surface area is 218 Å². The van der Waals surface area contributed by atoms with Crippen LogP contribution in [0.4, 0.5) is 5.69 Å². The Hall–Kier alpha value is -4.10. The normalized spacial score (nSPS) is 12.0. The van der Waals surface area contributed by atoms with Gasteiger partial charge in [0.05, 0.1) is 23.7 Å². The maximum absolute atomic E-state index is 13.8. The van der Waals surface area contributed by atoms with Crippen LogP contribution < -0.4 is 14.4 Å². The quantitative estimate of drug-likeness (QED) is 0.324. The van der Waals surface area contributed by atoms with Gasteiger partial charge in [-0.1, -0.05) is 78.4 Å². The first kappa shape index (κ1) is 26.0. The standard InChI is InChI=1S/C30H30N2O4S/c1-22-16-18-27(19-17-22)37(34,35)32(25-13-9-14-26(20-25)36-3)21-29(33)31-30(24-11-5-4-6-12-24)28-15-8-7-10-23(28)2/h4-20,30H,21H2,1-3H3,(H,31,33)/t30-/m0/s1. The van der Waals surface area contributed by atoms with Gasteiger partial charge in [-0.2, -0.15) is 0 Å². The third-order valence-corrected chi connectivity index (χ3v) is 7.96. The summed E-state index contributed by atoms with van der Waals surface area (Å²) in [4.78, 5) is 13.6. The Bertz CT molecular complexity index is 1470. The zero-order valence-electron chi connectivity index (χ0n) is 21.1. The molecule has 0 aliphatic rings. The molecule has 0 fully saturated rings. The van der Waals surface area contributed by atoms with Crippen LogP contribution in [0.5, 0.6) is 5.75 Å². The Morgan fingerprint density at radius 1 is 0.865 bits per heavy atom. The molecule has 0 radical (unpaired) electrons. The van der Waals surface area contributed by atoms with Crippen molar-refractivity contribution in [2.75, 3.05) is 18.0 Å². The van der Waals surface area contributed by atoms with Crippen LogP contribution in [0.3, 0.4) is 0 Å². The molecule has 0 saturated heterocycles. The molecule has 1 atom stereocenters. The summed E-state index contributed by atoms with van der Waals surface area (Å²) in [6, 6.07) is 30.3. The SMILES string of the molecule is COc1cccc(N(CC(=O)N[C@@H](c2ccccc2)c2ccccc2C)S(=O)(=O)c2ccc(C)cc2)c1. The van der Waals surface area contributed by atoms with Crippen molar-refractivity contribution in [2.24, 2.45) is 0 Å². The van der Waals surface area contributed by atoms with Crippen molar-refractivity contribution < 1.29 is 17.9 Å². The van der Waals surface area contributed by atoms with E-state index in [0.29, 0.717) is 11.4 Å². The number of sulfonamides is 1. The average Bonchev–Trinajstić information content (AvgIpc) is 2.91. The van der Waals surface area contributed by atoms with Crippen LogP contribution in [0, 0.1) is 13.8 Å². The van der Waals surface area contributed by atoms with E-state index in [1.807, 2.05) is 68.4 Å². The molecule has 4 aromatic rings. The van der Waals surface area contributed by atoms with Gasteiger partial charge < -0.3 is 10.1 Å². The molecule has 4 aromatic carbocycles. The van der Waals surface area contributed by atoms with Crippen LogP contribution in [0.15, 0.2) is 108 Å². The smallest absolute Gasteiger partial charge is 0.264 e. The van der Waals surface area contributed by atoms with Gasteiger partial charge in [0.1, 0.15) is 12.3 Å². The Balaban J connectivity index is 1.71. The van der Waals surface area contributed by atoms with Crippen LogP contribution in [-0.4, -0.2) is 28.0 Å². The summed E-state index contributed by atoms with van der Waals surface area (Å²) < 4.78 is 34.0. The van der Waals surface area contributed by atoms with E-state index in [1.165, 1.54) is 7.11 Å². The number of amides is 1. The lowest BCUT2D eigenvalue weighted by atomic mass is 9.95. The fourth-order valence-electron chi connectivity index (χ4n) is 4.15. The molecule has 0 saturated carbocycles. The maximum Gasteiger partial charge on any atom is 0.264 e. The second kappa shape index (κ2) is 11.3. The highest BCUT2D eigenvalue weighted by molar-refractivity contribution is 7.92. The fourth-order valence-corrected chi connectivity index (χ4v) is 5.56. The molecule has 0 bridgehead atoms. The number of nitrogens with zero attached hydrogens (tertiary/aromatic N) is 1. The summed E-state index contributed by atoms with van der Waals surface area (Å²) in [5, 5.41) is 3.08. The fraction of sp³-hybridized carbons (Fsp3) is 0.167. The van der Waals surface area contributed by atoms with Crippen molar-refractivity contribution in [1.82, 2.24) is 5.32 Å². The predicted octanol–water partition coefficient (Wildman–Crippen LogP) is 5.41. The van der Waals surface area contributed by atoms with Crippen molar-refractivity contribution in [3.8, 4) is 5.75 Å². The van der Waals surface area contributed by atoms with Crippen LogP contribution in [0.1, 0.15) is 28.3 Å². The first-order valence-corrected chi connectivity index (χ1v) is 13.4. The molecule has 6 nitrogen and oxygen atoms in total. The number of rotatable bonds is 9. The monoisotopic (exact) mass is 514 g/mol. The number of anilines is 1. The molecule has 0 spiro atoms. The molecule has 0 unspecified atom stereocenters. The number of ether oxygens (including phenoxy) is 1. The molecule has 7 heteroatoms. The van der Waals surface area contributed by atoms with Gasteiger partial charge in [0.2, 0.25) is 5.91 Å². The van der Waals surface area contributed by atoms with Gasteiger partial charge in [0.25, 0.3) is 10.0 Å². The summed E-state index contributed by atoms with van der Waals surface area (Å²) in [5.41, 5.74) is 4.14. The van der Waals surface area contributed by atoms with Gasteiger partial charge in [-0.05, 0) is 54.8 Å². The minimum Gasteiger partial charge on any atom is -0.497 e. The lowest BCUT2D eigenvalue weighted by Gasteiger charge is -2.27. The number of hydrogen-bond acceptors (Lipinski definition) is 4. The summed E-state index contributed by atoms with van der Waals surface area (Å²) in [6.07, 6.45) is 0. The topological polar surface area (TPSA) is 75.7 Å². The van der Waals surface area contributed by atoms with Crippen molar-refractivity contribution in [2.45, 2.75) is 24.8 Å². The molecule has 0 heterocycles. The second-order valence-electron chi connectivity index (χ2n) is 8.79. The van der Waals surface area contributed by atoms with E-state index < -0.39 is 28.5 Å². The first-order chi connectivity index (χ1) is 17.8. The maximum atomic E-state index is 13.8. The summed E-state index contributed by atoms with van der Waals surface area (Å²) in [5.74, 6) is 0.0553. The van der Waals surface area contributed by atoms with Gasteiger partial charge in [0.15, 0.2) is 0 Å². The minimum absolute atomic E-state index is 0.104. The van der Waals surface area contributed by atoms with E-state index in [4.69, 9.17) is 4.74 Å². The van der Waals surface area contributed by atoms with E-state index in [9.17, 15) is 13.2 Å². The third-order valence-electron chi connectivity index (χ3n) is 6.18. The first-order valence-electron chi connectivity index (χ1n) is 11.9. The number of nitrogens with one attached hydrogen (secondary N) is 1. The van der Waals surface area contributed by atoms with E-state index in [0.717, 1.165) is 26.6 Å². The summed E-state index contributed by atoms with van der Waals surface area (Å²) in [7, 11) is -2.54. The minimum atomic E-state index is -4.05. The van der Waals surface area contributed by atoms with Crippen molar-refractivity contribution in [3.05, 3.63) is 125 Å². The molecular formula is C30H30N2O4S. The number of hydrogen-bond donors (Lipinski definition) is 1. The Morgan fingerprint density at radius 3 is 2.22 bits per heavy atom. The van der Waals surface area contributed by atoms with Crippen LogP contribution in [0.25, 0.3) is 0 Å². The van der Waals surface area contributed by atoms with Gasteiger partial charge >= 0.3 is 0 Å². The predicted molar refractivity (Wildman–Crippen MR) is 146 cm³/mol. The molecule has 0 aliphatic heterocycles. The van der Waals surface area contributed by atoms with Crippen molar-refractivity contribution in [3.63, 3.8) is 0 Å². The second-order valence-corrected chi connectivity index (χ2v) is 10.7. The molecule has 0 aliphatic carbocycles.